The lowest BCUT2D eigenvalue weighted by Crippen LogP contribution is -2.45. The van der Waals surface area contributed by atoms with Gasteiger partial charge in [-0.3, -0.25) is 19.3 Å². The second-order valence-corrected chi connectivity index (χ2v) is 7.99. The second kappa shape index (κ2) is 9.39. The zero-order valence-electron chi connectivity index (χ0n) is 16.4. The molecule has 2 aliphatic rings. The van der Waals surface area contributed by atoms with Crippen molar-refractivity contribution >= 4 is 35.3 Å². The number of ether oxygens (including phenoxy) is 1. The lowest BCUT2D eigenvalue weighted by molar-refractivity contribution is -0.159. The Morgan fingerprint density at radius 1 is 1.21 bits per heavy atom. The summed E-state index contributed by atoms with van der Waals surface area (Å²) in [5.41, 5.74) is 0.982. The molecule has 3 atom stereocenters. The van der Waals surface area contributed by atoms with E-state index in [9.17, 15) is 19.2 Å². The van der Waals surface area contributed by atoms with Crippen molar-refractivity contribution < 1.29 is 23.9 Å². The monoisotopic (exact) mass is 420 g/mol. The Balaban J connectivity index is 1.44. The quantitative estimate of drug-likeness (QED) is 0.538. The predicted molar refractivity (Wildman–Crippen MR) is 106 cm³/mol. The summed E-state index contributed by atoms with van der Waals surface area (Å²) in [6, 6.07) is 6.30. The summed E-state index contributed by atoms with van der Waals surface area (Å²) >= 11 is 5.92. The highest BCUT2D eigenvalue weighted by molar-refractivity contribution is 6.30. The summed E-state index contributed by atoms with van der Waals surface area (Å²) in [6.07, 6.45) is 3.80. The van der Waals surface area contributed by atoms with Crippen molar-refractivity contribution in [2.75, 3.05) is 13.2 Å². The zero-order chi connectivity index (χ0) is 21.0. The van der Waals surface area contributed by atoms with Gasteiger partial charge in [0.2, 0.25) is 11.8 Å². The van der Waals surface area contributed by atoms with Crippen LogP contribution in [0.1, 0.15) is 38.2 Å². The standard InChI is InChI=1S/C21H25ClN2O5/c1-13(24-19(26)16-7-2-3-8-17(16)20(24)27)21(28)29-12-18(25)23-10-9-14-5-4-6-15(22)11-14/h4-6,11,13,16-17H,2-3,7-10,12H2,1H3,(H,23,25)/t13-,16+,17+/m0/s1. The van der Waals surface area contributed by atoms with Crippen molar-refractivity contribution in [3.05, 3.63) is 34.9 Å². The summed E-state index contributed by atoms with van der Waals surface area (Å²) in [7, 11) is 0. The van der Waals surface area contributed by atoms with E-state index in [4.69, 9.17) is 16.3 Å². The molecule has 156 valence electrons. The number of imide groups is 1. The molecule has 7 nitrogen and oxygen atoms in total. The lowest BCUT2D eigenvalue weighted by Gasteiger charge is -2.21. The number of amides is 3. The van der Waals surface area contributed by atoms with Gasteiger partial charge in [-0.05, 0) is 43.9 Å². The van der Waals surface area contributed by atoms with Gasteiger partial charge < -0.3 is 10.1 Å². The van der Waals surface area contributed by atoms with Gasteiger partial charge in [0.1, 0.15) is 6.04 Å². The number of likely N-dealkylation sites (tertiary alicyclic amines) is 1. The van der Waals surface area contributed by atoms with Crippen molar-refractivity contribution in [3.8, 4) is 0 Å². The molecule has 0 bridgehead atoms. The molecule has 1 aliphatic carbocycles. The number of carbonyl (C=O) groups excluding carboxylic acids is 4. The molecule has 8 heteroatoms. The van der Waals surface area contributed by atoms with Gasteiger partial charge in [0, 0.05) is 11.6 Å². The molecule has 2 fully saturated rings. The molecule has 1 heterocycles. The number of esters is 1. The number of nitrogens with one attached hydrogen (secondary N) is 1. The molecule has 3 rings (SSSR count). The Bertz CT molecular complexity index is 788. The molecular formula is C21H25ClN2O5. The molecule has 3 amide bonds. The maximum Gasteiger partial charge on any atom is 0.329 e. The molecule has 0 spiro atoms. The van der Waals surface area contributed by atoms with E-state index in [2.05, 4.69) is 5.32 Å². The highest BCUT2D eigenvalue weighted by Crippen LogP contribution is 2.38. The van der Waals surface area contributed by atoms with Crippen LogP contribution in [0.5, 0.6) is 0 Å². The first-order chi connectivity index (χ1) is 13.9. The van der Waals surface area contributed by atoms with Crippen LogP contribution in [0.3, 0.4) is 0 Å². The van der Waals surface area contributed by atoms with Crippen molar-refractivity contribution in [1.82, 2.24) is 10.2 Å². The molecule has 1 N–H and O–H groups in total. The van der Waals surface area contributed by atoms with E-state index >= 15 is 0 Å². The van der Waals surface area contributed by atoms with Crippen LogP contribution < -0.4 is 5.32 Å². The Kier molecular flexibility index (Phi) is 6.90. The summed E-state index contributed by atoms with van der Waals surface area (Å²) in [6.45, 7) is 1.38. The van der Waals surface area contributed by atoms with E-state index in [0.717, 1.165) is 23.3 Å². The molecule has 1 aromatic rings. The SMILES string of the molecule is C[C@@H](C(=O)OCC(=O)NCCc1cccc(Cl)c1)N1C(=O)[C@@H]2CCCC[C@H]2C1=O. The first kappa shape index (κ1) is 21.3. The lowest BCUT2D eigenvalue weighted by atomic mass is 9.81. The molecule has 29 heavy (non-hydrogen) atoms. The van der Waals surface area contributed by atoms with Crippen LogP contribution >= 0.6 is 11.6 Å². The van der Waals surface area contributed by atoms with Gasteiger partial charge in [0.25, 0.3) is 5.91 Å². The summed E-state index contributed by atoms with van der Waals surface area (Å²) in [5, 5.41) is 3.29. The normalized spacial score (nSPS) is 22.2. The average Bonchev–Trinajstić information content (AvgIpc) is 2.96. The van der Waals surface area contributed by atoms with E-state index in [1.54, 1.807) is 6.07 Å². The van der Waals surface area contributed by atoms with Gasteiger partial charge >= 0.3 is 5.97 Å². The van der Waals surface area contributed by atoms with Crippen LogP contribution in [0.4, 0.5) is 0 Å². The topological polar surface area (TPSA) is 92.8 Å². The van der Waals surface area contributed by atoms with Crippen LogP contribution in [0.2, 0.25) is 5.02 Å². The highest BCUT2D eigenvalue weighted by atomic mass is 35.5. The number of fused-ring (bicyclic) bond motifs is 1. The zero-order valence-corrected chi connectivity index (χ0v) is 17.1. The number of halogens is 1. The second-order valence-electron chi connectivity index (χ2n) is 7.56. The molecule has 1 saturated carbocycles. The smallest absolute Gasteiger partial charge is 0.329 e. The molecule has 0 unspecified atom stereocenters. The van der Waals surface area contributed by atoms with Crippen LogP contribution in [0, 0.1) is 11.8 Å². The maximum atomic E-state index is 12.5. The Morgan fingerprint density at radius 3 is 2.48 bits per heavy atom. The number of hydrogen-bond donors (Lipinski definition) is 1. The van der Waals surface area contributed by atoms with Crippen molar-refractivity contribution in [2.24, 2.45) is 11.8 Å². The minimum atomic E-state index is -1.03. The van der Waals surface area contributed by atoms with Crippen molar-refractivity contribution in [3.63, 3.8) is 0 Å². The molecule has 1 aliphatic heterocycles. The highest BCUT2D eigenvalue weighted by Gasteiger charge is 2.51. The van der Waals surface area contributed by atoms with Crippen LogP contribution in [-0.2, 0) is 30.3 Å². The first-order valence-electron chi connectivity index (χ1n) is 9.93. The van der Waals surface area contributed by atoms with E-state index in [-0.39, 0.29) is 23.7 Å². The molecular weight excluding hydrogens is 396 g/mol. The molecule has 0 aromatic heterocycles. The Hall–Kier alpha value is -2.41. The van der Waals surface area contributed by atoms with Gasteiger partial charge in [-0.2, -0.15) is 0 Å². The van der Waals surface area contributed by atoms with E-state index in [1.807, 2.05) is 18.2 Å². The predicted octanol–water partition coefficient (Wildman–Crippen LogP) is 2.11. The van der Waals surface area contributed by atoms with E-state index < -0.39 is 24.5 Å². The number of rotatable bonds is 7. The average molecular weight is 421 g/mol. The third kappa shape index (κ3) is 4.96. The fourth-order valence-corrected chi connectivity index (χ4v) is 4.23. The van der Waals surface area contributed by atoms with Gasteiger partial charge in [-0.15, -0.1) is 0 Å². The van der Waals surface area contributed by atoms with Gasteiger partial charge in [0.05, 0.1) is 11.8 Å². The van der Waals surface area contributed by atoms with E-state index in [0.29, 0.717) is 30.8 Å². The first-order valence-corrected chi connectivity index (χ1v) is 10.3. The van der Waals surface area contributed by atoms with Crippen LogP contribution in [-0.4, -0.2) is 47.8 Å². The number of nitrogens with zero attached hydrogens (tertiary/aromatic N) is 1. The van der Waals surface area contributed by atoms with Gasteiger partial charge in [-0.1, -0.05) is 36.6 Å². The van der Waals surface area contributed by atoms with Gasteiger partial charge in [0.15, 0.2) is 6.61 Å². The van der Waals surface area contributed by atoms with E-state index in [1.165, 1.54) is 6.92 Å². The molecule has 0 radical (unpaired) electrons. The summed E-state index contributed by atoms with van der Waals surface area (Å²) < 4.78 is 5.03. The Morgan fingerprint density at radius 2 is 1.86 bits per heavy atom. The minimum Gasteiger partial charge on any atom is -0.454 e. The largest absolute Gasteiger partial charge is 0.454 e. The van der Waals surface area contributed by atoms with Crippen LogP contribution in [0.15, 0.2) is 24.3 Å². The van der Waals surface area contributed by atoms with Gasteiger partial charge in [-0.25, -0.2) is 4.79 Å². The summed E-state index contributed by atoms with van der Waals surface area (Å²) in [4.78, 5) is 50.3. The number of hydrogen-bond acceptors (Lipinski definition) is 5. The molecule has 1 aromatic carbocycles. The third-order valence-corrected chi connectivity index (χ3v) is 5.81. The van der Waals surface area contributed by atoms with Crippen molar-refractivity contribution in [2.45, 2.75) is 45.1 Å². The van der Waals surface area contributed by atoms with Crippen molar-refractivity contribution in [1.29, 1.82) is 0 Å². The maximum absolute atomic E-state index is 12.5. The number of carbonyl (C=O) groups is 4. The summed E-state index contributed by atoms with van der Waals surface area (Å²) in [5.74, 6) is -2.43. The molecule has 1 saturated heterocycles. The fourth-order valence-electron chi connectivity index (χ4n) is 4.02. The third-order valence-electron chi connectivity index (χ3n) is 5.57. The fraction of sp³-hybridized carbons (Fsp3) is 0.524. The Labute approximate surface area is 174 Å². The minimum absolute atomic E-state index is 0.296. The number of benzene rings is 1. The van der Waals surface area contributed by atoms with Crippen LogP contribution in [0.25, 0.3) is 0 Å².